The quantitative estimate of drug-likeness (QED) is 0.170. The molecule has 3 saturated heterocycles. The van der Waals surface area contributed by atoms with Crippen molar-refractivity contribution < 1.29 is 48.0 Å². The van der Waals surface area contributed by atoms with Crippen molar-refractivity contribution in [3.8, 4) is 0 Å². The van der Waals surface area contributed by atoms with E-state index in [1.54, 1.807) is 33.4 Å². The number of carbonyl (C=O) groups is 2. The molecule has 4 heterocycles. The van der Waals surface area contributed by atoms with Gasteiger partial charge in [0.1, 0.15) is 36.0 Å². The number of hydrogen-bond donors (Lipinski definition) is 1. The Hall–Kier alpha value is -2.78. The average molecular weight is 746 g/mol. The first-order chi connectivity index (χ1) is 24.9. The van der Waals surface area contributed by atoms with Gasteiger partial charge >= 0.3 is 5.97 Å². The van der Waals surface area contributed by atoms with Crippen molar-refractivity contribution in [2.75, 3.05) is 34.4 Å². The number of rotatable bonds is 8. The van der Waals surface area contributed by atoms with Gasteiger partial charge in [0.25, 0.3) is 0 Å². The molecule has 13 heteroatoms. The summed E-state index contributed by atoms with van der Waals surface area (Å²) in [5, 5.41) is 16.7. The van der Waals surface area contributed by atoms with Crippen LogP contribution in [-0.2, 0) is 49.5 Å². The molecule has 1 aromatic rings. The van der Waals surface area contributed by atoms with Crippen molar-refractivity contribution in [3.63, 3.8) is 0 Å². The standard InChI is InChI=1S/C40H63N3O10/c1-13-32-40(9,46)36-26(5)25(4)23(2)18-39(8,49-22-30(21-48-36)42-50-20-29-15-14-16-41-19-29)35(27(6)33(44)28(7)37(45)52-32)53-38-34(47-12)31(43(10)11)17-24(3)51-38/h14-16,19,23-24,26-28,31-32,34-36,38,46H,4,13,17-18,20-22H2,1-3,5-12H3/b42-30+/t23-,24-,26+,27+,28?,31+,32-,34-,35-,36-,38+,39-,40-/m1/s1. The second kappa shape index (κ2) is 18.2. The van der Waals surface area contributed by atoms with Crippen molar-refractivity contribution >= 4 is 17.5 Å². The molecule has 0 aromatic carbocycles. The minimum absolute atomic E-state index is 0.0310. The van der Waals surface area contributed by atoms with Crippen LogP contribution < -0.4 is 0 Å². The largest absolute Gasteiger partial charge is 0.459 e. The Bertz CT molecular complexity index is 1420. The average Bonchev–Trinajstić information content (AvgIpc) is 3.13. The topological polar surface area (TPSA) is 147 Å². The van der Waals surface area contributed by atoms with E-state index in [4.69, 9.17) is 33.3 Å². The molecule has 3 fully saturated rings. The number of aliphatic hydroxyl groups is 1. The number of ether oxygens (including phenoxy) is 6. The Morgan fingerprint density at radius 2 is 1.83 bits per heavy atom. The fourth-order valence-corrected chi connectivity index (χ4v) is 8.20. The first-order valence-corrected chi connectivity index (χ1v) is 18.9. The number of fused-ring (bicyclic) bond motifs is 5. The first kappa shape index (κ1) is 43.0. The third-order valence-electron chi connectivity index (χ3n) is 11.5. The van der Waals surface area contributed by atoms with Crippen LogP contribution in [0.15, 0.2) is 41.8 Å². The van der Waals surface area contributed by atoms with Gasteiger partial charge in [-0.2, -0.15) is 0 Å². The number of nitrogens with zero attached hydrogens (tertiary/aromatic N) is 3. The zero-order valence-corrected chi connectivity index (χ0v) is 33.6. The van der Waals surface area contributed by atoms with Crippen LogP contribution in [-0.4, -0.2) is 121 Å². The van der Waals surface area contributed by atoms with Crippen LogP contribution >= 0.6 is 0 Å². The smallest absolute Gasteiger partial charge is 0.316 e. The number of hydrogen-bond acceptors (Lipinski definition) is 13. The van der Waals surface area contributed by atoms with Gasteiger partial charge in [-0.15, -0.1) is 0 Å². The molecule has 0 radical (unpaired) electrons. The highest BCUT2D eigenvalue weighted by atomic mass is 16.7. The van der Waals surface area contributed by atoms with E-state index in [2.05, 4.69) is 21.6 Å². The van der Waals surface area contributed by atoms with Crippen LogP contribution in [0.25, 0.3) is 0 Å². The molecule has 0 aliphatic carbocycles. The molecule has 1 unspecified atom stereocenters. The summed E-state index contributed by atoms with van der Waals surface area (Å²) in [7, 11) is 5.60. The van der Waals surface area contributed by atoms with Gasteiger partial charge in [0, 0.05) is 42.9 Å². The lowest BCUT2D eigenvalue weighted by Gasteiger charge is -2.48. The molecule has 1 N–H and O–H groups in total. The van der Waals surface area contributed by atoms with E-state index in [0.29, 0.717) is 12.1 Å². The first-order valence-electron chi connectivity index (χ1n) is 18.9. The molecular weight excluding hydrogens is 682 g/mol. The van der Waals surface area contributed by atoms with E-state index in [-0.39, 0.29) is 50.1 Å². The molecule has 0 spiro atoms. The Kier molecular flexibility index (Phi) is 14.8. The number of ketones is 1. The highest BCUT2D eigenvalue weighted by Crippen LogP contribution is 2.42. The van der Waals surface area contributed by atoms with Crippen molar-refractivity contribution in [2.45, 2.75) is 135 Å². The predicted octanol–water partition coefficient (Wildman–Crippen LogP) is 4.74. The molecule has 3 aliphatic heterocycles. The molecule has 13 nitrogen and oxygen atoms in total. The van der Waals surface area contributed by atoms with E-state index in [1.165, 1.54) is 6.92 Å². The molecular formula is C40H63N3O10. The second-order valence-electron chi connectivity index (χ2n) is 15.9. The zero-order valence-electron chi connectivity index (χ0n) is 33.6. The number of methoxy groups -OCH3 is 1. The molecule has 298 valence electrons. The van der Waals surface area contributed by atoms with Crippen LogP contribution in [0, 0.1) is 23.7 Å². The molecule has 0 saturated carbocycles. The van der Waals surface area contributed by atoms with Crippen LogP contribution in [0.4, 0.5) is 0 Å². The van der Waals surface area contributed by atoms with E-state index >= 15 is 0 Å². The number of esters is 1. The Morgan fingerprint density at radius 3 is 2.45 bits per heavy atom. The van der Waals surface area contributed by atoms with Gasteiger partial charge in [-0.1, -0.05) is 51.1 Å². The number of aromatic nitrogens is 1. The minimum Gasteiger partial charge on any atom is -0.459 e. The van der Waals surface area contributed by atoms with Crippen LogP contribution in [0.5, 0.6) is 0 Å². The van der Waals surface area contributed by atoms with Gasteiger partial charge in [0.05, 0.1) is 37.1 Å². The van der Waals surface area contributed by atoms with E-state index in [0.717, 1.165) is 17.6 Å². The van der Waals surface area contributed by atoms with Crippen molar-refractivity contribution in [3.05, 3.63) is 42.2 Å². The SMILES string of the molecule is C=C1[C@H](C)C[C@@]2(C)OC/C(=N/OCc3cccnc3)CO[C@H]([C@H]1C)[C@](C)(O)[C@@H](CC)OC(=O)C(C)C(=O)[C@H](C)[C@H]2O[C@@H]1O[C@H](C)C[C@H](N(C)C)[C@H]1OC. The molecule has 0 amide bonds. The van der Waals surface area contributed by atoms with Gasteiger partial charge in [-0.3, -0.25) is 14.6 Å². The Labute approximate surface area is 315 Å². The molecule has 4 rings (SSSR count). The van der Waals surface area contributed by atoms with Crippen LogP contribution in [0.2, 0.25) is 0 Å². The molecule has 2 bridgehead atoms. The summed E-state index contributed by atoms with van der Waals surface area (Å²) in [5.74, 6) is -3.78. The summed E-state index contributed by atoms with van der Waals surface area (Å²) in [5.41, 5.74) is -0.828. The van der Waals surface area contributed by atoms with Crippen LogP contribution in [0.1, 0.15) is 80.2 Å². The Morgan fingerprint density at radius 1 is 1.11 bits per heavy atom. The second-order valence-corrected chi connectivity index (χ2v) is 15.9. The number of cyclic esters (lactones) is 1. The minimum atomic E-state index is -1.68. The fourth-order valence-electron chi connectivity index (χ4n) is 8.20. The lowest BCUT2D eigenvalue weighted by atomic mass is 9.73. The monoisotopic (exact) mass is 745 g/mol. The van der Waals surface area contributed by atoms with Gasteiger partial charge in [0.15, 0.2) is 12.1 Å². The zero-order chi connectivity index (χ0) is 39.2. The number of carbonyl (C=O) groups excluding carboxylic acids is 2. The molecule has 13 atom stereocenters. The predicted molar refractivity (Wildman–Crippen MR) is 199 cm³/mol. The summed E-state index contributed by atoms with van der Waals surface area (Å²) in [6.07, 6.45) is 0.401. The van der Waals surface area contributed by atoms with Crippen molar-refractivity contribution in [1.82, 2.24) is 9.88 Å². The maximum atomic E-state index is 14.4. The fraction of sp³-hybridized carbons (Fsp3) is 0.750. The highest BCUT2D eigenvalue weighted by Gasteiger charge is 2.52. The summed E-state index contributed by atoms with van der Waals surface area (Å²) in [4.78, 5) is 40.2. The van der Waals surface area contributed by atoms with Crippen molar-refractivity contribution in [1.29, 1.82) is 0 Å². The molecule has 53 heavy (non-hydrogen) atoms. The summed E-state index contributed by atoms with van der Waals surface area (Å²) < 4.78 is 38.8. The molecule has 3 aliphatic rings. The van der Waals surface area contributed by atoms with E-state index in [1.807, 2.05) is 60.8 Å². The number of oxime groups is 1. The summed E-state index contributed by atoms with van der Waals surface area (Å²) >= 11 is 0. The van der Waals surface area contributed by atoms with E-state index < -0.39 is 65.6 Å². The highest BCUT2D eigenvalue weighted by molar-refractivity contribution is 6.00. The van der Waals surface area contributed by atoms with E-state index in [9.17, 15) is 14.7 Å². The Balaban J connectivity index is 1.88. The summed E-state index contributed by atoms with van der Waals surface area (Å²) in [6, 6.07) is 3.67. The number of pyridine rings is 1. The third kappa shape index (κ3) is 9.91. The number of likely N-dealkylation sites (N-methyl/N-ethyl adjacent to an activating group) is 1. The van der Waals surface area contributed by atoms with Gasteiger partial charge in [-0.05, 0) is 73.0 Å². The summed E-state index contributed by atoms with van der Waals surface area (Å²) in [6.45, 7) is 19.2. The van der Waals surface area contributed by atoms with Gasteiger partial charge < -0.3 is 43.3 Å². The number of Topliss-reactive ketones (excluding diaryl/α,β-unsaturated/α-hetero) is 1. The van der Waals surface area contributed by atoms with Crippen LogP contribution in [0.3, 0.4) is 0 Å². The van der Waals surface area contributed by atoms with Gasteiger partial charge in [-0.25, -0.2) is 0 Å². The molecule has 1 aromatic heterocycles. The lowest BCUT2D eigenvalue weighted by molar-refractivity contribution is -0.300. The van der Waals surface area contributed by atoms with Crippen molar-refractivity contribution in [2.24, 2.45) is 28.8 Å². The maximum absolute atomic E-state index is 14.4. The maximum Gasteiger partial charge on any atom is 0.316 e. The third-order valence-corrected chi connectivity index (χ3v) is 11.5. The van der Waals surface area contributed by atoms with Gasteiger partial charge in [0.2, 0.25) is 0 Å². The lowest BCUT2D eigenvalue weighted by Crippen LogP contribution is -2.60. The normalized spacial score (nSPS) is 40.3.